The third kappa shape index (κ3) is 2.67. The van der Waals surface area contributed by atoms with Gasteiger partial charge in [0.15, 0.2) is 5.76 Å². The molecule has 3 rings (SSSR count). The normalized spacial score (nSPS) is 15.9. The first-order chi connectivity index (χ1) is 10.6. The van der Waals surface area contributed by atoms with Crippen molar-refractivity contribution < 1.29 is 26.3 Å². The lowest BCUT2D eigenvalue weighted by molar-refractivity contribution is -0.109. The molecule has 0 unspecified atom stereocenters. The highest BCUT2D eigenvalue weighted by atomic mass is 32.2. The van der Waals surface area contributed by atoms with Gasteiger partial charge in [-0.1, -0.05) is 11.2 Å². The molecule has 0 atom stereocenters. The van der Waals surface area contributed by atoms with E-state index in [0.29, 0.717) is 24.0 Å². The van der Waals surface area contributed by atoms with E-state index in [0.717, 1.165) is 6.29 Å². The molecular weight excluding hydrogens is 313 g/mol. The van der Waals surface area contributed by atoms with Crippen molar-refractivity contribution in [2.75, 3.05) is 0 Å². The van der Waals surface area contributed by atoms with Gasteiger partial charge < -0.3 is 9.32 Å². The number of hydrogen-bond acceptors (Lipinski definition) is 6. The number of carbonyl (C=O) groups excluding carboxylic acids is 1. The highest BCUT2D eigenvalue weighted by molar-refractivity contribution is 7.67. The fourth-order valence-corrected chi connectivity index (χ4v) is 2.59. The van der Waals surface area contributed by atoms with Crippen LogP contribution in [0.5, 0.6) is 0 Å². The first-order valence-corrected chi connectivity index (χ1v) is 7.63. The molecule has 1 aliphatic carbocycles. The molecule has 0 amide bonds. The quantitative estimate of drug-likeness (QED) is 0.643. The van der Waals surface area contributed by atoms with E-state index >= 15 is 0 Å². The van der Waals surface area contributed by atoms with Crippen molar-refractivity contribution in [2.24, 2.45) is 0 Å². The van der Waals surface area contributed by atoms with Crippen molar-refractivity contribution in [3.05, 3.63) is 41.3 Å². The molecule has 116 valence electrons. The van der Waals surface area contributed by atoms with E-state index in [4.69, 9.17) is 4.52 Å². The summed E-state index contributed by atoms with van der Waals surface area (Å²) >= 11 is 0. The SMILES string of the molecule is O=CC1(c2cnoc2-c2ccc(CO[SH](=O)=O)cc2F)CC1. The van der Waals surface area contributed by atoms with E-state index in [1.54, 1.807) is 0 Å². The summed E-state index contributed by atoms with van der Waals surface area (Å²) in [7, 11) is -2.98. The van der Waals surface area contributed by atoms with Crippen molar-refractivity contribution in [3.8, 4) is 11.3 Å². The molecule has 1 aromatic heterocycles. The van der Waals surface area contributed by atoms with Crippen molar-refractivity contribution in [3.63, 3.8) is 0 Å². The highest BCUT2D eigenvalue weighted by Crippen LogP contribution is 2.49. The van der Waals surface area contributed by atoms with E-state index in [1.165, 1.54) is 24.4 Å². The summed E-state index contributed by atoms with van der Waals surface area (Å²) < 4.78 is 44.5. The van der Waals surface area contributed by atoms with Crippen LogP contribution in [-0.2, 0) is 32.0 Å². The van der Waals surface area contributed by atoms with E-state index in [1.807, 2.05) is 0 Å². The molecule has 0 aliphatic heterocycles. The van der Waals surface area contributed by atoms with Crippen LogP contribution < -0.4 is 0 Å². The van der Waals surface area contributed by atoms with Gasteiger partial charge in [0, 0.05) is 5.56 Å². The molecule has 2 aromatic rings. The maximum atomic E-state index is 14.2. The Bertz CT molecular complexity index is 786. The number of carbonyl (C=O) groups is 1. The van der Waals surface area contributed by atoms with Crippen LogP contribution in [0.4, 0.5) is 4.39 Å². The molecule has 0 saturated heterocycles. The van der Waals surface area contributed by atoms with Crippen LogP contribution >= 0.6 is 0 Å². The number of rotatable bonds is 6. The topological polar surface area (TPSA) is 86.5 Å². The van der Waals surface area contributed by atoms with E-state index in [-0.39, 0.29) is 17.9 Å². The number of nitrogens with zero attached hydrogens (tertiary/aromatic N) is 1. The van der Waals surface area contributed by atoms with Gasteiger partial charge in [-0.15, -0.1) is 0 Å². The summed E-state index contributed by atoms with van der Waals surface area (Å²) in [6.07, 6.45) is 3.66. The zero-order chi connectivity index (χ0) is 15.7. The summed E-state index contributed by atoms with van der Waals surface area (Å²) in [4.78, 5) is 11.2. The molecule has 0 spiro atoms. The molecule has 0 radical (unpaired) electrons. The first-order valence-electron chi connectivity index (χ1n) is 6.53. The van der Waals surface area contributed by atoms with Crippen LogP contribution in [0.15, 0.2) is 28.9 Å². The van der Waals surface area contributed by atoms with E-state index in [9.17, 15) is 17.6 Å². The maximum absolute atomic E-state index is 14.2. The average Bonchev–Trinajstić information content (AvgIpc) is 3.15. The molecule has 6 nitrogen and oxygen atoms in total. The van der Waals surface area contributed by atoms with Crippen LogP contribution in [0.2, 0.25) is 0 Å². The molecule has 1 saturated carbocycles. The Kier molecular flexibility index (Phi) is 3.79. The fraction of sp³-hybridized carbons (Fsp3) is 0.286. The second-order valence-electron chi connectivity index (χ2n) is 5.15. The zero-order valence-corrected chi connectivity index (χ0v) is 12.2. The van der Waals surface area contributed by atoms with Crippen molar-refractivity contribution >= 4 is 17.3 Å². The Morgan fingerprint density at radius 2 is 2.18 bits per heavy atom. The number of hydrogen-bond donors (Lipinski definition) is 1. The second-order valence-corrected chi connectivity index (χ2v) is 5.86. The maximum Gasteiger partial charge on any atom is 0.257 e. The predicted octanol–water partition coefficient (Wildman–Crippen LogP) is 1.75. The highest BCUT2D eigenvalue weighted by Gasteiger charge is 2.47. The molecule has 0 N–H and O–H groups in total. The number of aldehydes is 1. The molecule has 1 aromatic carbocycles. The monoisotopic (exact) mass is 325 g/mol. The summed E-state index contributed by atoms with van der Waals surface area (Å²) in [5.41, 5.74) is 0.506. The van der Waals surface area contributed by atoms with Gasteiger partial charge in [-0.2, -0.15) is 0 Å². The summed E-state index contributed by atoms with van der Waals surface area (Å²) in [6.45, 7) is -0.239. The van der Waals surface area contributed by atoms with Gasteiger partial charge in [-0.3, -0.25) is 4.18 Å². The first kappa shape index (κ1) is 14.9. The average molecular weight is 325 g/mol. The zero-order valence-electron chi connectivity index (χ0n) is 11.3. The minimum atomic E-state index is -2.98. The van der Waals surface area contributed by atoms with Gasteiger partial charge in [0.1, 0.15) is 12.1 Å². The number of halogens is 1. The Morgan fingerprint density at radius 3 is 2.77 bits per heavy atom. The van der Waals surface area contributed by atoms with Gasteiger partial charge in [-0.25, -0.2) is 12.8 Å². The van der Waals surface area contributed by atoms with Crippen molar-refractivity contribution in [2.45, 2.75) is 24.9 Å². The van der Waals surface area contributed by atoms with Crippen LogP contribution in [0.1, 0.15) is 24.0 Å². The molecule has 0 bridgehead atoms. The van der Waals surface area contributed by atoms with E-state index < -0.39 is 22.2 Å². The molecule has 22 heavy (non-hydrogen) atoms. The van der Waals surface area contributed by atoms with Gasteiger partial charge in [0.25, 0.3) is 11.0 Å². The summed E-state index contributed by atoms with van der Waals surface area (Å²) in [5.74, 6) is -0.369. The molecule has 1 aliphatic rings. The fourth-order valence-electron chi connectivity index (χ4n) is 2.33. The van der Waals surface area contributed by atoms with Crippen LogP contribution in [0.25, 0.3) is 11.3 Å². The van der Waals surface area contributed by atoms with Gasteiger partial charge in [-0.05, 0) is 30.5 Å². The summed E-state index contributed by atoms with van der Waals surface area (Å²) in [6, 6.07) is 4.15. The van der Waals surface area contributed by atoms with Crippen molar-refractivity contribution in [1.82, 2.24) is 5.16 Å². The minimum Gasteiger partial charge on any atom is -0.356 e. The van der Waals surface area contributed by atoms with Gasteiger partial charge in [0.2, 0.25) is 0 Å². The Hall–Kier alpha value is -2.06. The lowest BCUT2D eigenvalue weighted by Gasteiger charge is -2.08. The third-order valence-electron chi connectivity index (χ3n) is 3.74. The van der Waals surface area contributed by atoms with Gasteiger partial charge in [0.05, 0.1) is 23.8 Å². The van der Waals surface area contributed by atoms with Gasteiger partial charge >= 0.3 is 0 Å². The molecule has 1 heterocycles. The van der Waals surface area contributed by atoms with Crippen LogP contribution in [0.3, 0.4) is 0 Å². The predicted molar refractivity (Wildman–Crippen MR) is 74.0 cm³/mol. The summed E-state index contributed by atoms with van der Waals surface area (Å²) in [5, 5.41) is 3.67. The number of benzene rings is 1. The standard InChI is InChI=1S/C14H12FNO5S/c15-12-5-9(7-20-22(18)19)1-2-10(12)13-11(6-16-21-13)14(8-17)3-4-14/h1-2,5-6,8,22H,3-4,7H2. The number of aromatic nitrogens is 1. The van der Waals surface area contributed by atoms with Crippen LogP contribution in [0, 0.1) is 5.82 Å². The third-order valence-corrected chi connectivity index (χ3v) is 4.08. The number of thiol groups is 1. The Labute approximate surface area is 127 Å². The second kappa shape index (κ2) is 5.62. The minimum absolute atomic E-state index is 0.177. The Balaban J connectivity index is 1.93. The lowest BCUT2D eigenvalue weighted by Crippen LogP contribution is -2.08. The van der Waals surface area contributed by atoms with Crippen molar-refractivity contribution in [1.29, 1.82) is 0 Å². The van der Waals surface area contributed by atoms with E-state index in [2.05, 4.69) is 9.34 Å². The largest absolute Gasteiger partial charge is 0.356 e. The Morgan fingerprint density at radius 1 is 1.41 bits per heavy atom. The molecular formula is C14H12FNO5S. The molecule has 8 heteroatoms. The molecule has 1 fully saturated rings. The smallest absolute Gasteiger partial charge is 0.257 e. The van der Waals surface area contributed by atoms with Crippen LogP contribution in [-0.4, -0.2) is 19.9 Å². The lowest BCUT2D eigenvalue weighted by atomic mass is 9.95.